The molecule has 0 spiro atoms. The molecule has 1 N–H and O–H groups in total. The van der Waals surface area contributed by atoms with Crippen LogP contribution in [0.3, 0.4) is 0 Å². The first-order chi connectivity index (χ1) is 12.9. The van der Waals surface area contributed by atoms with E-state index < -0.39 is 6.10 Å². The van der Waals surface area contributed by atoms with Gasteiger partial charge in [0.1, 0.15) is 17.6 Å². The Bertz CT molecular complexity index is 984. The SMILES string of the molecule is Cc1cc(C(=O)N2CCCn3nc([C@H](O)c4ccnn4C)cc3C2)c(C)o1. The summed E-state index contributed by atoms with van der Waals surface area (Å²) >= 11 is 0. The van der Waals surface area contributed by atoms with Crippen molar-refractivity contribution in [3.05, 3.63) is 58.6 Å². The van der Waals surface area contributed by atoms with Crippen molar-refractivity contribution in [2.24, 2.45) is 7.05 Å². The lowest BCUT2D eigenvalue weighted by Crippen LogP contribution is -2.30. The van der Waals surface area contributed by atoms with E-state index >= 15 is 0 Å². The Morgan fingerprint density at radius 2 is 2.11 bits per heavy atom. The molecule has 1 aliphatic rings. The zero-order valence-electron chi connectivity index (χ0n) is 15.7. The Morgan fingerprint density at radius 1 is 1.30 bits per heavy atom. The number of nitrogens with zero attached hydrogens (tertiary/aromatic N) is 5. The normalized spacial score (nSPS) is 15.5. The molecule has 4 heterocycles. The molecule has 142 valence electrons. The van der Waals surface area contributed by atoms with Crippen LogP contribution in [0, 0.1) is 13.8 Å². The van der Waals surface area contributed by atoms with Crippen LogP contribution in [0.4, 0.5) is 0 Å². The number of hydrogen-bond donors (Lipinski definition) is 1. The summed E-state index contributed by atoms with van der Waals surface area (Å²) in [5.74, 6) is 1.34. The van der Waals surface area contributed by atoms with Gasteiger partial charge in [-0.05, 0) is 38.5 Å². The minimum absolute atomic E-state index is 0.0345. The highest BCUT2D eigenvalue weighted by Gasteiger charge is 2.26. The Labute approximate surface area is 157 Å². The fourth-order valence-electron chi connectivity index (χ4n) is 3.61. The van der Waals surface area contributed by atoms with Crippen LogP contribution in [-0.2, 0) is 20.1 Å². The first-order valence-electron chi connectivity index (χ1n) is 9.03. The number of hydrogen-bond acceptors (Lipinski definition) is 5. The van der Waals surface area contributed by atoms with Crippen LogP contribution < -0.4 is 0 Å². The molecule has 0 unspecified atom stereocenters. The van der Waals surface area contributed by atoms with E-state index in [1.54, 1.807) is 30.1 Å². The minimum atomic E-state index is -0.847. The lowest BCUT2D eigenvalue weighted by molar-refractivity contribution is 0.0744. The van der Waals surface area contributed by atoms with Crippen molar-refractivity contribution >= 4 is 5.91 Å². The van der Waals surface area contributed by atoms with E-state index in [0.29, 0.717) is 42.3 Å². The Kier molecular flexibility index (Phi) is 4.35. The molecular formula is C19H23N5O3. The lowest BCUT2D eigenvalue weighted by Gasteiger charge is -2.19. The number of carbonyl (C=O) groups excluding carboxylic acids is 1. The third-order valence-corrected chi connectivity index (χ3v) is 5.01. The van der Waals surface area contributed by atoms with E-state index in [4.69, 9.17) is 4.42 Å². The molecule has 0 aromatic carbocycles. The molecule has 27 heavy (non-hydrogen) atoms. The summed E-state index contributed by atoms with van der Waals surface area (Å²) in [7, 11) is 1.79. The fraction of sp³-hybridized carbons (Fsp3) is 0.421. The third kappa shape index (κ3) is 3.16. The van der Waals surface area contributed by atoms with Crippen LogP contribution in [-0.4, -0.2) is 42.0 Å². The molecule has 0 saturated carbocycles. The van der Waals surface area contributed by atoms with Crippen molar-refractivity contribution in [3.63, 3.8) is 0 Å². The van der Waals surface area contributed by atoms with Crippen molar-refractivity contribution in [1.82, 2.24) is 24.5 Å². The Hall–Kier alpha value is -2.87. The average molecular weight is 369 g/mol. The van der Waals surface area contributed by atoms with E-state index in [1.807, 2.05) is 29.5 Å². The Morgan fingerprint density at radius 3 is 2.78 bits per heavy atom. The topological polar surface area (TPSA) is 89.3 Å². The van der Waals surface area contributed by atoms with Gasteiger partial charge < -0.3 is 14.4 Å². The van der Waals surface area contributed by atoms with Gasteiger partial charge in [-0.15, -0.1) is 0 Å². The van der Waals surface area contributed by atoms with Crippen LogP contribution in [0.1, 0.15) is 51.5 Å². The van der Waals surface area contributed by atoms with Gasteiger partial charge in [0.05, 0.1) is 29.2 Å². The standard InChI is InChI=1S/C19H23N5O3/c1-12-9-15(13(2)27-12)19(26)23-7-4-8-24-14(11-23)10-16(21-24)18(25)17-5-6-20-22(17)3/h5-6,9-10,18,25H,4,7-8,11H2,1-3H3/t18-/m0/s1. The molecule has 4 rings (SSSR count). The molecule has 1 atom stereocenters. The van der Waals surface area contributed by atoms with Gasteiger partial charge in [-0.3, -0.25) is 14.2 Å². The highest BCUT2D eigenvalue weighted by atomic mass is 16.3. The molecule has 0 saturated heterocycles. The van der Waals surface area contributed by atoms with Gasteiger partial charge >= 0.3 is 0 Å². The minimum Gasteiger partial charge on any atom is -0.466 e. The third-order valence-electron chi connectivity index (χ3n) is 5.01. The number of aryl methyl sites for hydroxylation is 4. The van der Waals surface area contributed by atoms with Crippen LogP contribution >= 0.6 is 0 Å². The molecule has 1 aliphatic heterocycles. The van der Waals surface area contributed by atoms with Gasteiger partial charge in [0, 0.05) is 26.3 Å². The van der Waals surface area contributed by atoms with Crippen molar-refractivity contribution in [2.45, 2.75) is 39.5 Å². The van der Waals surface area contributed by atoms with E-state index in [9.17, 15) is 9.90 Å². The molecule has 0 bridgehead atoms. The van der Waals surface area contributed by atoms with E-state index in [1.165, 1.54) is 0 Å². The summed E-state index contributed by atoms with van der Waals surface area (Å²) in [5.41, 5.74) is 2.77. The first-order valence-corrected chi connectivity index (χ1v) is 9.03. The number of amides is 1. The summed E-state index contributed by atoms with van der Waals surface area (Å²) in [6.45, 7) is 5.47. The zero-order valence-corrected chi connectivity index (χ0v) is 15.7. The first kappa shape index (κ1) is 17.5. The second kappa shape index (κ2) is 6.70. The van der Waals surface area contributed by atoms with Crippen LogP contribution in [0.15, 0.2) is 28.8 Å². The summed E-state index contributed by atoms with van der Waals surface area (Å²) in [4.78, 5) is 14.8. The summed E-state index contributed by atoms with van der Waals surface area (Å²) < 4.78 is 9.03. The number of furan rings is 1. The van der Waals surface area contributed by atoms with E-state index in [2.05, 4.69) is 10.2 Å². The predicted molar refractivity (Wildman–Crippen MR) is 97.0 cm³/mol. The maximum absolute atomic E-state index is 12.9. The maximum Gasteiger partial charge on any atom is 0.257 e. The molecule has 8 nitrogen and oxygen atoms in total. The molecule has 3 aromatic rings. The highest BCUT2D eigenvalue weighted by molar-refractivity contribution is 5.95. The van der Waals surface area contributed by atoms with Gasteiger partial charge in [0.2, 0.25) is 0 Å². The number of fused-ring (bicyclic) bond motifs is 1. The van der Waals surface area contributed by atoms with Crippen LogP contribution in [0.2, 0.25) is 0 Å². The molecule has 1 amide bonds. The molecule has 0 radical (unpaired) electrons. The molecule has 8 heteroatoms. The highest BCUT2D eigenvalue weighted by Crippen LogP contribution is 2.24. The maximum atomic E-state index is 12.9. The second-order valence-corrected chi connectivity index (χ2v) is 6.97. The average Bonchev–Trinajstić information content (AvgIpc) is 3.29. The van der Waals surface area contributed by atoms with Gasteiger partial charge in [-0.2, -0.15) is 10.2 Å². The summed E-state index contributed by atoms with van der Waals surface area (Å²) in [5, 5.41) is 19.3. The number of aliphatic hydroxyl groups is 1. The molecule has 0 fully saturated rings. The van der Waals surface area contributed by atoms with Gasteiger partial charge in [0.15, 0.2) is 0 Å². The molecule has 3 aromatic heterocycles. The van der Waals surface area contributed by atoms with E-state index in [-0.39, 0.29) is 5.91 Å². The summed E-state index contributed by atoms with van der Waals surface area (Å²) in [6.07, 6.45) is 1.60. The number of carbonyl (C=O) groups is 1. The van der Waals surface area contributed by atoms with Gasteiger partial charge in [-0.25, -0.2) is 0 Å². The Balaban J connectivity index is 1.59. The quantitative estimate of drug-likeness (QED) is 0.762. The van der Waals surface area contributed by atoms with E-state index in [0.717, 1.165) is 17.9 Å². The zero-order chi connectivity index (χ0) is 19.1. The predicted octanol–water partition coefficient (Wildman–Crippen LogP) is 1.95. The van der Waals surface area contributed by atoms with Crippen molar-refractivity contribution in [3.8, 4) is 0 Å². The number of rotatable bonds is 3. The van der Waals surface area contributed by atoms with Gasteiger partial charge in [0.25, 0.3) is 5.91 Å². The monoisotopic (exact) mass is 369 g/mol. The van der Waals surface area contributed by atoms with Crippen molar-refractivity contribution in [1.29, 1.82) is 0 Å². The largest absolute Gasteiger partial charge is 0.466 e. The summed E-state index contributed by atoms with van der Waals surface area (Å²) in [6, 6.07) is 5.43. The molecule has 0 aliphatic carbocycles. The number of aromatic nitrogens is 4. The van der Waals surface area contributed by atoms with Crippen LogP contribution in [0.25, 0.3) is 0 Å². The van der Waals surface area contributed by atoms with Crippen LogP contribution in [0.5, 0.6) is 0 Å². The lowest BCUT2D eigenvalue weighted by atomic mass is 10.1. The smallest absolute Gasteiger partial charge is 0.257 e. The van der Waals surface area contributed by atoms with Gasteiger partial charge in [-0.1, -0.05) is 0 Å². The molecular weight excluding hydrogens is 346 g/mol. The fourth-order valence-corrected chi connectivity index (χ4v) is 3.61. The van der Waals surface area contributed by atoms with Crippen molar-refractivity contribution in [2.75, 3.05) is 6.54 Å². The van der Waals surface area contributed by atoms with Crippen molar-refractivity contribution < 1.29 is 14.3 Å². The second-order valence-electron chi connectivity index (χ2n) is 6.97. The number of aliphatic hydroxyl groups excluding tert-OH is 1.